The van der Waals surface area contributed by atoms with Crippen LogP contribution in [0, 0.1) is 13.8 Å². The third-order valence-corrected chi connectivity index (χ3v) is 2.99. The van der Waals surface area contributed by atoms with Crippen molar-refractivity contribution < 1.29 is 4.74 Å². The summed E-state index contributed by atoms with van der Waals surface area (Å²) < 4.78 is 5.33. The molecule has 3 heteroatoms. The number of nitrogens with one attached hydrogen (secondary N) is 1. The predicted octanol–water partition coefficient (Wildman–Crippen LogP) is 3.40. The molecule has 0 amide bonds. The van der Waals surface area contributed by atoms with E-state index in [1.165, 1.54) is 5.56 Å². The van der Waals surface area contributed by atoms with Crippen LogP contribution in [0.15, 0.2) is 24.3 Å². The topological polar surface area (TPSA) is 37.9 Å². The van der Waals surface area contributed by atoms with Gasteiger partial charge in [0.25, 0.3) is 0 Å². The number of imidazole rings is 1. The fraction of sp³-hybridized carbons (Fsp3) is 0.357. The van der Waals surface area contributed by atoms with Gasteiger partial charge in [-0.25, -0.2) is 4.98 Å². The fourth-order valence-electron chi connectivity index (χ4n) is 1.97. The van der Waals surface area contributed by atoms with Gasteiger partial charge < -0.3 is 9.72 Å². The van der Waals surface area contributed by atoms with Crippen molar-refractivity contribution in [3.63, 3.8) is 0 Å². The molecule has 1 aromatic heterocycles. The third kappa shape index (κ3) is 2.39. The number of ether oxygens (including phenoxy) is 1. The molecular formula is C14H18N2O. The van der Waals surface area contributed by atoms with Crippen molar-refractivity contribution in [1.82, 2.24) is 9.97 Å². The normalized spacial score (nSPS) is 12.7. The summed E-state index contributed by atoms with van der Waals surface area (Å²) in [5.41, 5.74) is 4.43. The van der Waals surface area contributed by atoms with E-state index in [0.29, 0.717) is 0 Å². The summed E-state index contributed by atoms with van der Waals surface area (Å²) in [4.78, 5) is 7.74. The minimum Gasteiger partial charge on any atom is -0.377 e. The van der Waals surface area contributed by atoms with Crippen molar-refractivity contribution in [2.75, 3.05) is 7.11 Å². The Bertz CT molecular complexity index is 517. The largest absolute Gasteiger partial charge is 0.377 e. The van der Waals surface area contributed by atoms with E-state index in [2.05, 4.69) is 28.2 Å². The summed E-state index contributed by atoms with van der Waals surface area (Å²) in [6.45, 7) is 6.06. The van der Waals surface area contributed by atoms with Gasteiger partial charge in [-0.15, -0.1) is 0 Å². The maximum atomic E-state index is 5.33. The van der Waals surface area contributed by atoms with Crippen molar-refractivity contribution in [3.8, 4) is 11.3 Å². The van der Waals surface area contributed by atoms with E-state index in [4.69, 9.17) is 4.74 Å². The zero-order valence-electron chi connectivity index (χ0n) is 10.7. The molecule has 90 valence electrons. The van der Waals surface area contributed by atoms with Crippen LogP contribution in [0.3, 0.4) is 0 Å². The molecule has 2 rings (SSSR count). The molecule has 3 nitrogen and oxygen atoms in total. The van der Waals surface area contributed by atoms with Gasteiger partial charge in [-0.2, -0.15) is 0 Å². The van der Waals surface area contributed by atoms with Crippen molar-refractivity contribution in [2.45, 2.75) is 26.9 Å². The predicted molar refractivity (Wildman–Crippen MR) is 68.9 cm³/mol. The number of hydrogen-bond acceptors (Lipinski definition) is 2. The highest BCUT2D eigenvalue weighted by molar-refractivity contribution is 5.62. The van der Waals surface area contributed by atoms with Gasteiger partial charge in [-0.3, -0.25) is 0 Å². The molecule has 0 unspecified atom stereocenters. The lowest BCUT2D eigenvalue weighted by Gasteiger charge is -2.10. The highest BCUT2D eigenvalue weighted by atomic mass is 16.5. The molecule has 1 aromatic carbocycles. The first kappa shape index (κ1) is 11.9. The van der Waals surface area contributed by atoms with Gasteiger partial charge in [0.2, 0.25) is 0 Å². The van der Waals surface area contributed by atoms with Crippen LogP contribution in [0.4, 0.5) is 0 Å². The van der Waals surface area contributed by atoms with Crippen LogP contribution < -0.4 is 0 Å². The van der Waals surface area contributed by atoms with E-state index >= 15 is 0 Å². The van der Waals surface area contributed by atoms with Crippen LogP contribution in [0.1, 0.15) is 30.1 Å². The van der Waals surface area contributed by atoms with Crippen molar-refractivity contribution in [3.05, 3.63) is 41.3 Å². The first-order chi connectivity index (χ1) is 8.11. The summed E-state index contributed by atoms with van der Waals surface area (Å²) in [7, 11) is 1.72. The molecule has 0 saturated carbocycles. The molecule has 1 N–H and O–H groups in total. The van der Waals surface area contributed by atoms with E-state index < -0.39 is 0 Å². The maximum absolute atomic E-state index is 5.33. The van der Waals surface area contributed by atoms with Crippen molar-refractivity contribution in [2.24, 2.45) is 0 Å². The van der Waals surface area contributed by atoms with E-state index in [0.717, 1.165) is 22.8 Å². The first-order valence-electron chi connectivity index (χ1n) is 5.78. The summed E-state index contributed by atoms with van der Waals surface area (Å²) in [5, 5.41) is 0. The van der Waals surface area contributed by atoms with Gasteiger partial charge >= 0.3 is 0 Å². The number of H-pyrrole nitrogens is 1. The first-order valence-corrected chi connectivity index (χ1v) is 5.78. The SMILES string of the molecule is CO[C@@H](C)c1cccc(-c2nc(C)[nH]c2C)c1. The van der Waals surface area contributed by atoms with Crippen LogP contribution in [-0.2, 0) is 4.74 Å². The zero-order chi connectivity index (χ0) is 12.4. The van der Waals surface area contributed by atoms with E-state index in [9.17, 15) is 0 Å². The molecule has 0 aliphatic rings. The quantitative estimate of drug-likeness (QED) is 0.877. The second kappa shape index (κ2) is 4.72. The number of benzene rings is 1. The second-order valence-electron chi connectivity index (χ2n) is 4.30. The number of aromatic nitrogens is 2. The van der Waals surface area contributed by atoms with Gasteiger partial charge in [0.1, 0.15) is 5.82 Å². The standard InChI is InChI=1S/C14H18N2O/c1-9-14(16-11(3)15-9)13-7-5-6-12(8-13)10(2)17-4/h5-8,10H,1-4H3,(H,15,16)/t10-/m0/s1. The molecule has 0 radical (unpaired) electrons. The van der Waals surface area contributed by atoms with Crippen LogP contribution >= 0.6 is 0 Å². The highest BCUT2D eigenvalue weighted by Gasteiger charge is 2.09. The molecule has 0 bridgehead atoms. The van der Waals surface area contributed by atoms with Crippen molar-refractivity contribution in [1.29, 1.82) is 0 Å². The maximum Gasteiger partial charge on any atom is 0.103 e. The molecule has 0 fully saturated rings. The lowest BCUT2D eigenvalue weighted by Crippen LogP contribution is -1.95. The monoisotopic (exact) mass is 230 g/mol. The minimum atomic E-state index is 0.107. The van der Waals surface area contributed by atoms with Crippen LogP contribution in [-0.4, -0.2) is 17.1 Å². The van der Waals surface area contributed by atoms with E-state index in [1.54, 1.807) is 7.11 Å². The summed E-state index contributed by atoms with van der Waals surface area (Å²) in [6.07, 6.45) is 0.107. The van der Waals surface area contributed by atoms with Crippen LogP contribution in [0.5, 0.6) is 0 Å². The van der Waals surface area contributed by atoms with Gasteiger partial charge in [-0.1, -0.05) is 18.2 Å². The van der Waals surface area contributed by atoms with Crippen LogP contribution in [0.25, 0.3) is 11.3 Å². The Morgan fingerprint density at radius 1 is 1.29 bits per heavy atom. The van der Waals surface area contributed by atoms with Gasteiger partial charge in [-0.05, 0) is 32.4 Å². The Morgan fingerprint density at radius 2 is 2.06 bits per heavy atom. The Labute approximate surface area is 102 Å². The molecule has 2 aromatic rings. The Morgan fingerprint density at radius 3 is 2.65 bits per heavy atom. The summed E-state index contributed by atoms with van der Waals surface area (Å²) >= 11 is 0. The fourth-order valence-corrected chi connectivity index (χ4v) is 1.97. The number of rotatable bonds is 3. The zero-order valence-corrected chi connectivity index (χ0v) is 10.7. The Balaban J connectivity index is 2.43. The molecular weight excluding hydrogens is 212 g/mol. The average molecular weight is 230 g/mol. The summed E-state index contributed by atoms with van der Waals surface area (Å²) in [5.74, 6) is 0.947. The smallest absolute Gasteiger partial charge is 0.103 e. The summed E-state index contributed by atoms with van der Waals surface area (Å²) in [6, 6.07) is 8.33. The van der Waals surface area contributed by atoms with Gasteiger partial charge in [0.05, 0.1) is 11.8 Å². The molecule has 1 heterocycles. The lowest BCUT2D eigenvalue weighted by atomic mass is 10.0. The molecule has 0 spiro atoms. The number of nitrogens with zero attached hydrogens (tertiary/aromatic N) is 1. The van der Waals surface area contributed by atoms with Gasteiger partial charge in [0.15, 0.2) is 0 Å². The molecule has 17 heavy (non-hydrogen) atoms. The van der Waals surface area contributed by atoms with Gasteiger partial charge in [0, 0.05) is 18.4 Å². The molecule has 0 aliphatic carbocycles. The van der Waals surface area contributed by atoms with E-state index in [1.807, 2.05) is 26.8 Å². The number of methoxy groups -OCH3 is 1. The Hall–Kier alpha value is -1.61. The number of hydrogen-bond donors (Lipinski definition) is 1. The molecule has 0 aliphatic heterocycles. The van der Waals surface area contributed by atoms with E-state index in [-0.39, 0.29) is 6.10 Å². The minimum absolute atomic E-state index is 0.107. The highest BCUT2D eigenvalue weighted by Crippen LogP contribution is 2.25. The third-order valence-electron chi connectivity index (χ3n) is 2.99. The second-order valence-corrected chi connectivity index (χ2v) is 4.30. The number of aromatic amines is 1. The average Bonchev–Trinajstić information content (AvgIpc) is 2.67. The van der Waals surface area contributed by atoms with Crippen LogP contribution in [0.2, 0.25) is 0 Å². The van der Waals surface area contributed by atoms with Crippen molar-refractivity contribution >= 4 is 0 Å². The molecule has 0 saturated heterocycles. The number of aryl methyl sites for hydroxylation is 2. The lowest BCUT2D eigenvalue weighted by molar-refractivity contribution is 0.119. The Kier molecular flexibility index (Phi) is 3.29. The molecule has 1 atom stereocenters.